The molecule has 0 aliphatic carbocycles. The molecule has 0 aromatic heterocycles. The first-order valence-electron chi connectivity index (χ1n) is 6.55. The Bertz CT molecular complexity index is 536. The highest BCUT2D eigenvalue weighted by Gasteiger charge is 2.21. The summed E-state index contributed by atoms with van der Waals surface area (Å²) < 4.78 is 33.6. The molecule has 0 saturated carbocycles. The number of alkyl halides is 2. The van der Waals surface area contributed by atoms with Gasteiger partial charge in [0.2, 0.25) is 0 Å². The van der Waals surface area contributed by atoms with Gasteiger partial charge in [-0.25, -0.2) is 4.79 Å². The second-order valence-corrected chi connectivity index (χ2v) is 4.40. The summed E-state index contributed by atoms with van der Waals surface area (Å²) in [4.78, 5) is 23.0. The highest BCUT2D eigenvalue weighted by Crippen LogP contribution is 2.29. The van der Waals surface area contributed by atoms with E-state index in [0.29, 0.717) is 6.42 Å². The molecule has 1 unspecified atom stereocenters. The van der Waals surface area contributed by atoms with E-state index < -0.39 is 24.5 Å². The Morgan fingerprint density at radius 3 is 2.50 bits per heavy atom. The molecule has 8 heteroatoms. The van der Waals surface area contributed by atoms with Crippen LogP contribution in [0.25, 0.3) is 0 Å². The second kappa shape index (κ2) is 8.16. The van der Waals surface area contributed by atoms with Gasteiger partial charge in [0.1, 0.15) is 6.04 Å². The zero-order valence-corrected chi connectivity index (χ0v) is 12.1. The Labute approximate surface area is 126 Å². The van der Waals surface area contributed by atoms with Crippen LogP contribution in [0.1, 0.15) is 30.1 Å². The minimum absolute atomic E-state index is 0.0460. The highest BCUT2D eigenvalue weighted by molar-refractivity contribution is 5.97. The van der Waals surface area contributed by atoms with Gasteiger partial charge in [-0.2, -0.15) is 8.78 Å². The number of ether oxygens (including phenoxy) is 2. The Kier molecular flexibility index (Phi) is 6.55. The number of carboxylic acids is 1. The molecule has 122 valence electrons. The van der Waals surface area contributed by atoms with Crippen LogP contribution in [0.2, 0.25) is 0 Å². The molecule has 6 nitrogen and oxygen atoms in total. The van der Waals surface area contributed by atoms with E-state index in [9.17, 15) is 18.4 Å². The molecule has 0 heterocycles. The van der Waals surface area contributed by atoms with E-state index in [2.05, 4.69) is 10.1 Å². The van der Waals surface area contributed by atoms with Crippen molar-refractivity contribution in [1.82, 2.24) is 5.32 Å². The van der Waals surface area contributed by atoms with Crippen LogP contribution in [0.3, 0.4) is 0 Å². The van der Waals surface area contributed by atoms with Crippen molar-refractivity contribution in [2.24, 2.45) is 0 Å². The number of carbonyl (C=O) groups is 2. The number of hydrogen-bond acceptors (Lipinski definition) is 4. The smallest absolute Gasteiger partial charge is 0.387 e. The van der Waals surface area contributed by atoms with Crippen LogP contribution in [0, 0.1) is 0 Å². The summed E-state index contributed by atoms with van der Waals surface area (Å²) in [6, 6.07) is 2.61. The van der Waals surface area contributed by atoms with E-state index in [1.807, 2.05) is 0 Å². The Balaban J connectivity index is 2.91. The lowest BCUT2D eigenvalue weighted by Gasteiger charge is -2.15. The van der Waals surface area contributed by atoms with Crippen LogP contribution in [-0.4, -0.2) is 36.7 Å². The molecule has 0 radical (unpaired) electrons. The Hall–Kier alpha value is -2.38. The molecule has 22 heavy (non-hydrogen) atoms. The van der Waals surface area contributed by atoms with E-state index in [0.717, 1.165) is 6.07 Å². The van der Waals surface area contributed by atoms with Gasteiger partial charge < -0.3 is 19.9 Å². The van der Waals surface area contributed by atoms with Gasteiger partial charge in [0.05, 0.1) is 7.11 Å². The number of aliphatic carboxylic acids is 1. The molecular weight excluding hydrogens is 300 g/mol. The van der Waals surface area contributed by atoms with Gasteiger partial charge in [-0.3, -0.25) is 4.79 Å². The summed E-state index contributed by atoms with van der Waals surface area (Å²) >= 11 is 0. The number of amides is 1. The largest absolute Gasteiger partial charge is 0.493 e. The van der Waals surface area contributed by atoms with E-state index in [1.165, 1.54) is 19.2 Å². The van der Waals surface area contributed by atoms with Gasteiger partial charge >= 0.3 is 12.6 Å². The minimum Gasteiger partial charge on any atom is -0.493 e. The molecule has 1 aromatic carbocycles. The predicted molar refractivity (Wildman–Crippen MR) is 73.4 cm³/mol. The van der Waals surface area contributed by atoms with Crippen LogP contribution in [0.4, 0.5) is 8.78 Å². The number of nitrogens with one attached hydrogen (secondary N) is 1. The lowest BCUT2D eigenvalue weighted by molar-refractivity contribution is -0.139. The Morgan fingerprint density at radius 2 is 2.00 bits per heavy atom. The predicted octanol–water partition coefficient (Wildman–Crippen LogP) is 2.28. The first-order valence-corrected chi connectivity index (χ1v) is 6.55. The quantitative estimate of drug-likeness (QED) is 0.768. The fourth-order valence-corrected chi connectivity index (χ4v) is 1.79. The van der Waals surface area contributed by atoms with Crippen LogP contribution in [0.15, 0.2) is 18.2 Å². The van der Waals surface area contributed by atoms with Crippen LogP contribution in [0.5, 0.6) is 11.5 Å². The van der Waals surface area contributed by atoms with Crippen molar-refractivity contribution in [1.29, 1.82) is 0 Å². The Morgan fingerprint density at radius 1 is 1.32 bits per heavy atom. The summed E-state index contributed by atoms with van der Waals surface area (Å²) in [5, 5.41) is 11.4. The fraction of sp³-hybridized carbons (Fsp3) is 0.429. The molecule has 1 amide bonds. The average molecular weight is 317 g/mol. The number of carboxylic acid groups (broad SMARTS) is 1. The minimum atomic E-state index is -3.02. The van der Waals surface area contributed by atoms with Crippen molar-refractivity contribution in [3.63, 3.8) is 0 Å². The van der Waals surface area contributed by atoms with Crippen molar-refractivity contribution in [2.75, 3.05) is 7.11 Å². The molecule has 1 aromatic rings. The molecule has 0 aliphatic heterocycles. The number of methoxy groups -OCH3 is 1. The average Bonchev–Trinajstić information content (AvgIpc) is 2.46. The van der Waals surface area contributed by atoms with Crippen molar-refractivity contribution < 1.29 is 33.0 Å². The number of benzene rings is 1. The van der Waals surface area contributed by atoms with Crippen LogP contribution in [-0.2, 0) is 4.79 Å². The SMILES string of the molecule is CCCC(NC(=O)c1ccc(OC(F)F)c(OC)c1)C(=O)O. The van der Waals surface area contributed by atoms with Gasteiger partial charge in [-0.1, -0.05) is 13.3 Å². The zero-order chi connectivity index (χ0) is 16.7. The van der Waals surface area contributed by atoms with E-state index in [1.54, 1.807) is 6.92 Å². The van der Waals surface area contributed by atoms with Gasteiger partial charge in [0.15, 0.2) is 11.5 Å². The molecule has 0 spiro atoms. The first kappa shape index (κ1) is 17.7. The maximum atomic E-state index is 12.2. The molecule has 0 fully saturated rings. The third-order valence-electron chi connectivity index (χ3n) is 2.82. The van der Waals surface area contributed by atoms with Crippen molar-refractivity contribution >= 4 is 11.9 Å². The third kappa shape index (κ3) is 4.87. The lowest BCUT2D eigenvalue weighted by atomic mass is 10.1. The third-order valence-corrected chi connectivity index (χ3v) is 2.82. The van der Waals surface area contributed by atoms with Crippen LogP contribution < -0.4 is 14.8 Å². The van der Waals surface area contributed by atoms with Gasteiger partial charge in [-0.15, -0.1) is 0 Å². The molecule has 0 bridgehead atoms. The summed E-state index contributed by atoms with van der Waals surface area (Å²) in [7, 11) is 1.24. The summed E-state index contributed by atoms with van der Waals surface area (Å²) in [6.45, 7) is -1.23. The summed E-state index contributed by atoms with van der Waals surface area (Å²) in [6.07, 6.45) is 0.868. The molecular formula is C14H17F2NO5. The first-order chi connectivity index (χ1) is 10.4. The fourth-order valence-electron chi connectivity index (χ4n) is 1.79. The highest BCUT2D eigenvalue weighted by atomic mass is 19.3. The maximum absolute atomic E-state index is 12.2. The summed E-state index contributed by atoms with van der Waals surface area (Å²) in [5.41, 5.74) is 0.0841. The van der Waals surface area contributed by atoms with Crippen molar-refractivity contribution in [3.8, 4) is 11.5 Å². The van der Waals surface area contributed by atoms with Gasteiger partial charge in [0, 0.05) is 5.56 Å². The molecule has 1 atom stereocenters. The van der Waals surface area contributed by atoms with E-state index in [4.69, 9.17) is 9.84 Å². The molecule has 0 aliphatic rings. The summed E-state index contributed by atoms with van der Waals surface area (Å²) in [5.74, 6) is -2.03. The monoisotopic (exact) mass is 317 g/mol. The normalized spacial score (nSPS) is 11.9. The van der Waals surface area contributed by atoms with Crippen molar-refractivity contribution in [3.05, 3.63) is 23.8 Å². The zero-order valence-electron chi connectivity index (χ0n) is 12.1. The standard InChI is InChI=1S/C14H17F2NO5/c1-3-4-9(13(19)20)17-12(18)8-5-6-10(22-14(15)16)11(7-8)21-2/h5-7,9,14H,3-4H2,1-2H3,(H,17,18)(H,19,20). The number of carbonyl (C=O) groups excluding carboxylic acids is 1. The van der Waals surface area contributed by atoms with Crippen molar-refractivity contribution in [2.45, 2.75) is 32.4 Å². The number of hydrogen-bond donors (Lipinski definition) is 2. The van der Waals surface area contributed by atoms with E-state index in [-0.39, 0.29) is 23.5 Å². The number of halogens is 2. The molecule has 1 rings (SSSR count). The second-order valence-electron chi connectivity index (χ2n) is 4.40. The molecule has 0 saturated heterocycles. The van der Waals surface area contributed by atoms with Crippen LogP contribution >= 0.6 is 0 Å². The van der Waals surface area contributed by atoms with Gasteiger partial charge in [-0.05, 0) is 24.6 Å². The number of rotatable bonds is 8. The lowest BCUT2D eigenvalue weighted by Crippen LogP contribution is -2.40. The van der Waals surface area contributed by atoms with E-state index >= 15 is 0 Å². The molecule has 2 N–H and O–H groups in total. The van der Waals surface area contributed by atoms with Gasteiger partial charge in [0.25, 0.3) is 5.91 Å². The topological polar surface area (TPSA) is 84.9 Å². The maximum Gasteiger partial charge on any atom is 0.387 e.